The normalized spacial score (nSPS) is 13.5. The first-order valence-electron chi connectivity index (χ1n) is 2.79. The fourth-order valence-electron chi connectivity index (χ4n) is 0.401. The number of hydrogen-bond donors (Lipinski definition) is 1. The molecule has 0 saturated carbocycles. The average Bonchev–Trinajstić information content (AvgIpc) is 1.83. The molecule has 0 heterocycles. The number of carbonyl (C=O) groups is 1. The van der Waals surface area contributed by atoms with Gasteiger partial charge in [-0.3, -0.25) is 4.79 Å². The highest BCUT2D eigenvalue weighted by Gasteiger charge is 2.21. The number of carboxylic acid groups (broad SMARTS) is 1. The largest absolute Gasteiger partial charge is 0.480 e. The third-order valence-electron chi connectivity index (χ3n) is 1.10. The molecule has 0 aliphatic rings. The van der Waals surface area contributed by atoms with Crippen molar-refractivity contribution in [3.63, 3.8) is 0 Å². The molecular weight excluding hydrogens is 168 g/mol. The van der Waals surface area contributed by atoms with Crippen LogP contribution in [0.15, 0.2) is 0 Å². The fraction of sp³-hybridized carbons (Fsp3) is 0.500. The zero-order valence-corrected chi connectivity index (χ0v) is 6.76. The summed E-state index contributed by atoms with van der Waals surface area (Å²) in [6.07, 6.45) is 4.81. The molecule has 0 aromatic rings. The van der Waals surface area contributed by atoms with E-state index in [1.165, 1.54) is 6.92 Å². The van der Waals surface area contributed by atoms with Gasteiger partial charge in [0.1, 0.15) is 11.0 Å². The molecule has 0 aliphatic carbocycles. The molecule has 0 fully saturated rings. The topological polar surface area (TPSA) is 71.4 Å². The van der Waals surface area contributed by atoms with E-state index in [0.29, 0.717) is 0 Å². The van der Waals surface area contributed by atoms with Crippen LogP contribution in [0.3, 0.4) is 0 Å². The van der Waals surface area contributed by atoms with Crippen LogP contribution in [0.2, 0.25) is 0 Å². The molecule has 62 valence electrons. The van der Waals surface area contributed by atoms with Crippen LogP contribution in [0.1, 0.15) is 6.92 Å². The molecule has 0 amide bonds. The lowest BCUT2D eigenvalue weighted by Gasteiger charge is -2.02. The summed E-state index contributed by atoms with van der Waals surface area (Å²) in [4.78, 5) is 9.99. The zero-order valence-electron chi connectivity index (χ0n) is 5.94. The second kappa shape index (κ2) is 3.39. The van der Waals surface area contributed by atoms with Crippen molar-refractivity contribution in [1.82, 2.24) is 0 Å². The average molecular weight is 176 g/mol. The van der Waals surface area contributed by atoms with E-state index in [0.717, 1.165) is 0 Å². The minimum atomic E-state index is -3.65. The van der Waals surface area contributed by atoms with Gasteiger partial charge < -0.3 is 5.11 Å². The van der Waals surface area contributed by atoms with Gasteiger partial charge in [0.15, 0.2) is 9.84 Å². The molecule has 0 bridgehead atoms. The first kappa shape index (κ1) is 9.98. The van der Waals surface area contributed by atoms with Gasteiger partial charge in [0.2, 0.25) is 0 Å². The summed E-state index contributed by atoms with van der Waals surface area (Å²) in [5.74, 6) is -0.327. The Kier molecular flexibility index (Phi) is 3.08. The molecule has 0 aromatic heterocycles. The highest BCUT2D eigenvalue weighted by atomic mass is 32.2. The Balaban J connectivity index is 4.52. The Morgan fingerprint density at radius 1 is 1.73 bits per heavy atom. The maximum absolute atomic E-state index is 10.8. The molecule has 0 aromatic carbocycles. The number of carboxylic acids is 1. The lowest BCUT2D eigenvalue weighted by Crippen LogP contribution is -2.24. The van der Waals surface area contributed by atoms with Gasteiger partial charge in [-0.25, -0.2) is 8.42 Å². The van der Waals surface area contributed by atoms with Crippen molar-refractivity contribution in [2.45, 2.75) is 12.2 Å². The molecular formula is C6H8O4S. The Bertz CT molecular complexity index is 282. The van der Waals surface area contributed by atoms with Crippen LogP contribution in [0.4, 0.5) is 0 Å². The quantitative estimate of drug-likeness (QED) is 0.589. The highest BCUT2D eigenvalue weighted by molar-refractivity contribution is 7.92. The van der Waals surface area contributed by atoms with Crippen LogP contribution < -0.4 is 0 Å². The third kappa shape index (κ3) is 3.05. The van der Waals surface area contributed by atoms with Gasteiger partial charge in [-0.15, -0.1) is 6.42 Å². The van der Waals surface area contributed by atoms with E-state index in [-0.39, 0.29) is 0 Å². The predicted molar refractivity (Wildman–Crippen MR) is 39.7 cm³/mol. The number of hydrogen-bond acceptors (Lipinski definition) is 3. The second-order valence-corrected chi connectivity index (χ2v) is 4.33. The second-order valence-electron chi connectivity index (χ2n) is 2.01. The van der Waals surface area contributed by atoms with Gasteiger partial charge >= 0.3 is 5.97 Å². The van der Waals surface area contributed by atoms with Gasteiger partial charge in [0.05, 0.1) is 0 Å². The first-order valence-corrected chi connectivity index (χ1v) is 4.51. The van der Waals surface area contributed by atoms with Crippen LogP contribution in [0.5, 0.6) is 0 Å². The predicted octanol–water partition coefficient (Wildman–Crippen LogP) is -0.492. The molecule has 0 spiro atoms. The summed E-state index contributed by atoms with van der Waals surface area (Å²) in [6.45, 7) is 1.28. The molecule has 0 radical (unpaired) electrons. The Morgan fingerprint density at radius 3 is 2.45 bits per heavy atom. The van der Waals surface area contributed by atoms with Gasteiger partial charge in [0.25, 0.3) is 0 Å². The molecule has 0 saturated heterocycles. The summed E-state index contributed by atoms with van der Waals surface area (Å²) in [6, 6.07) is 0. The van der Waals surface area contributed by atoms with Crippen molar-refractivity contribution in [3.05, 3.63) is 0 Å². The highest BCUT2D eigenvalue weighted by Crippen LogP contribution is 1.99. The van der Waals surface area contributed by atoms with E-state index in [4.69, 9.17) is 11.5 Å². The van der Waals surface area contributed by atoms with E-state index in [1.54, 1.807) is 0 Å². The molecule has 5 heteroatoms. The van der Waals surface area contributed by atoms with Crippen molar-refractivity contribution in [3.8, 4) is 12.3 Å². The van der Waals surface area contributed by atoms with Crippen LogP contribution in [-0.2, 0) is 14.6 Å². The maximum atomic E-state index is 10.8. The monoisotopic (exact) mass is 176 g/mol. The van der Waals surface area contributed by atoms with Gasteiger partial charge in [-0.05, 0) is 6.92 Å². The Morgan fingerprint density at radius 2 is 2.18 bits per heavy atom. The molecule has 1 N–H and O–H groups in total. The number of sulfone groups is 1. The van der Waals surface area contributed by atoms with E-state index in [1.807, 2.05) is 5.92 Å². The van der Waals surface area contributed by atoms with Gasteiger partial charge in [-0.2, -0.15) is 0 Å². The Labute approximate surface area is 65.1 Å². The first-order chi connectivity index (χ1) is 4.90. The smallest absolute Gasteiger partial charge is 0.318 e. The summed E-state index contributed by atoms with van der Waals surface area (Å²) in [5.41, 5.74) is 0. The minimum absolute atomic E-state index is 0.904. The van der Waals surface area contributed by atoms with Crippen LogP contribution in [0.25, 0.3) is 0 Å². The zero-order chi connectivity index (χ0) is 9.07. The molecule has 1 unspecified atom stereocenters. The summed E-state index contributed by atoms with van der Waals surface area (Å²) < 4.78 is 21.7. The summed E-state index contributed by atoms with van der Waals surface area (Å²) >= 11 is 0. The van der Waals surface area contributed by atoms with Crippen molar-refractivity contribution < 1.29 is 18.3 Å². The van der Waals surface area contributed by atoms with Gasteiger partial charge in [0, 0.05) is 0 Å². The van der Waals surface area contributed by atoms with Crippen molar-refractivity contribution in [2.24, 2.45) is 0 Å². The SMILES string of the molecule is C#CC(C)S(=O)(=O)CC(=O)O. The number of aliphatic carboxylic acids is 1. The van der Waals surface area contributed by atoms with E-state index in [9.17, 15) is 13.2 Å². The van der Waals surface area contributed by atoms with Crippen molar-refractivity contribution in [2.75, 3.05) is 5.75 Å². The van der Waals surface area contributed by atoms with E-state index in [2.05, 4.69) is 0 Å². The lowest BCUT2D eigenvalue weighted by molar-refractivity contribution is -0.134. The fourth-order valence-corrected chi connectivity index (χ4v) is 1.20. The molecule has 0 aliphatic heterocycles. The van der Waals surface area contributed by atoms with Crippen molar-refractivity contribution in [1.29, 1.82) is 0 Å². The minimum Gasteiger partial charge on any atom is -0.480 e. The maximum Gasteiger partial charge on any atom is 0.318 e. The summed E-state index contributed by atoms with van der Waals surface area (Å²) in [7, 11) is -3.65. The van der Waals surface area contributed by atoms with E-state index < -0.39 is 26.8 Å². The van der Waals surface area contributed by atoms with Crippen molar-refractivity contribution >= 4 is 15.8 Å². The molecule has 1 atom stereocenters. The standard InChI is InChI=1S/C6H8O4S/c1-3-5(2)11(9,10)4-6(7)8/h1,5H,4H2,2H3,(H,7,8). The molecule has 0 rings (SSSR count). The summed E-state index contributed by atoms with van der Waals surface area (Å²) in [5, 5.41) is 7.12. The van der Waals surface area contributed by atoms with Crippen LogP contribution >= 0.6 is 0 Å². The molecule has 11 heavy (non-hydrogen) atoms. The van der Waals surface area contributed by atoms with Crippen LogP contribution in [-0.4, -0.2) is 30.5 Å². The lowest BCUT2D eigenvalue weighted by atomic mass is 10.5. The van der Waals surface area contributed by atoms with E-state index >= 15 is 0 Å². The Hall–Kier alpha value is -1.02. The number of rotatable bonds is 3. The molecule has 4 nitrogen and oxygen atoms in total. The van der Waals surface area contributed by atoms with Crippen LogP contribution in [0, 0.1) is 12.3 Å². The number of terminal acetylenes is 1. The van der Waals surface area contributed by atoms with Gasteiger partial charge in [-0.1, -0.05) is 5.92 Å². The third-order valence-corrected chi connectivity index (χ3v) is 2.96.